The fourth-order valence-electron chi connectivity index (χ4n) is 3.42. The molecule has 3 heterocycles. The fraction of sp³-hybridized carbons (Fsp3) is 0.600. The Balaban J connectivity index is 1.46. The lowest BCUT2D eigenvalue weighted by Gasteiger charge is -2.42. The molecule has 4 rings (SSSR count). The van der Waals surface area contributed by atoms with E-state index in [0.29, 0.717) is 0 Å². The van der Waals surface area contributed by atoms with Crippen molar-refractivity contribution in [3.63, 3.8) is 0 Å². The van der Waals surface area contributed by atoms with E-state index < -0.39 is 0 Å². The van der Waals surface area contributed by atoms with Gasteiger partial charge >= 0.3 is 0 Å². The van der Waals surface area contributed by atoms with Gasteiger partial charge in [-0.15, -0.1) is 0 Å². The summed E-state index contributed by atoms with van der Waals surface area (Å²) in [6, 6.07) is 11.0. The van der Waals surface area contributed by atoms with Crippen LogP contribution in [0.5, 0.6) is 5.75 Å². The van der Waals surface area contributed by atoms with Gasteiger partial charge in [-0.25, -0.2) is 0 Å². The average Bonchev–Trinajstić information content (AvgIpc) is 2.41. The molecule has 1 N–H and O–H groups in total. The van der Waals surface area contributed by atoms with Crippen LogP contribution in [-0.4, -0.2) is 25.7 Å². The Morgan fingerprint density at radius 1 is 1.12 bits per heavy atom. The lowest BCUT2D eigenvalue weighted by atomic mass is 9.82. The van der Waals surface area contributed by atoms with Gasteiger partial charge in [-0.05, 0) is 30.9 Å². The summed E-state index contributed by atoms with van der Waals surface area (Å²) in [5, 5.41) is 0. The van der Waals surface area contributed by atoms with Crippen LogP contribution in [-0.2, 0) is 0 Å². The van der Waals surface area contributed by atoms with Crippen molar-refractivity contribution in [1.29, 1.82) is 0 Å². The molecule has 0 spiro atoms. The summed E-state index contributed by atoms with van der Waals surface area (Å²) >= 11 is 0. The number of hydrogen-bond donors (Lipinski definition) is 1. The predicted molar refractivity (Wildman–Crippen MR) is 68.4 cm³/mol. The van der Waals surface area contributed by atoms with Crippen molar-refractivity contribution in [3.8, 4) is 5.75 Å². The van der Waals surface area contributed by atoms with Gasteiger partial charge in [0, 0.05) is 12.8 Å². The molecule has 0 aromatic heterocycles. The van der Waals surface area contributed by atoms with Gasteiger partial charge in [-0.2, -0.15) is 0 Å². The van der Waals surface area contributed by atoms with Crippen LogP contribution in [0.3, 0.4) is 0 Å². The molecular weight excluding hydrogens is 210 g/mol. The molecule has 0 saturated carbocycles. The second-order valence-corrected chi connectivity index (χ2v) is 5.48. The molecule has 0 amide bonds. The maximum atomic E-state index is 5.80. The van der Waals surface area contributed by atoms with E-state index >= 15 is 0 Å². The molecule has 3 saturated heterocycles. The summed E-state index contributed by atoms with van der Waals surface area (Å²) in [6.07, 6.45) is 5.59. The molecule has 2 heteroatoms. The minimum Gasteiger partial charge on any atom is -0.493 e. The van der Waals surface area contributed by atoms with Crippen LogP contribution in [0.2, 0.25) is 0 Å². The number of nitrogens with one attached hydrogen (secondary N) is 1. The van der Waals surface area contributed by atoms with E-state index in [4.69, 9.17) is 4.74 Å². The zero-order valence-electron chi connectivity index (χ0n) is 10.4. The van der Waals surface area contributed by atoms with E-state index in [1.54, 1.807) is 0 Å². The largest absolute Gasteiger partial charge is 0.493 e. The van der Waals surface area contributed by atoms with Gasteiger partial charge in [0.2, 0.25) is 0 Å². The van der Waals surface area contributed by atoms with Crippen LogP contribution in [0.4, 0.5) is 0 Å². The Bertz CT molecular complexity index is 343. The van der Waals surface area contributed by atoms with E-state index in [9.17, 15) is 0 Å². The molecule has 17 heavy (non-hydrogen) atoms. The molecule has 2 bridgehead atoms. The average molecular weight is 232 g/mol. The first-order valence-corrected chi connectivity index (χ1v) is 6.94. The van der Waals surface area contributed by atoms with Crippen LogP contribution in [0.1, 0.15) is 25.7 Å². The van der Waals surface area contributed by atoms with E-state index in [1.807, 2.05) is 35.2 Å². The lowest BCUT2D eigenvalue weighted by molar-refractivity contribution is -0.942. The van der Waals surface area contributed by atoms with Gasteiger partial charge in [0.05, 0.1) is 25.7 Å². The quantitative estimate of drug-likeness (QED) is 0.831. The van der Waals surface area contributed by atoms with E-state index in [1.165, 1.54) is 38.8 Å². The van der Waals surface area contributed by atoms with Crippen LogP contribution in [0.15, 0.2) is 30.3 Å². The van der Waals surface area contributed by atoms with E-state index in [0.717, 1.165) is 24.3 Å². The maximum absolute atomic E-state index is 5.80. The predicted octanol–water partition coefficient (Wildman–Crippen LogP) is 1.52. The van der Waals surface area contributed by atoms with Gasteiger partial charge in [-0.3, -0.25) is 0 Å². The minimum atomic E-state index is 0.867. The molecule has 0 radical (unpaired) electrons. The van der Waals surface area contributed by atoms with Gasteiger partial charge < -0.3 is 9.64 Å². The highest BCUT2D eigenvalue weighted by atomic mass is 16.5. The lowest BCUT2D eigenvalue weighted by Crippen LogP contribution is -3.18. The molecule has 3 aliphatic heterocycles. The third-order valence-corrected chi connectivity index (χ3v) is 4.42. The first-order valence-electron chi connectivity index (χ1n) is 6.94. The highest BCUT2D eigenvalue weighted by Gasteiger charge is 2.36. The Morgan fingerprint density at radius 3 is 2.53 bits per heavy atom. The molecule has 3 fully saturated rings. The van der Waals surface area contributed by atoms with Crippen molar-refractivity contribution < 1.29 is 9.64 Å². The molecule has 1 aromatic carbocycles. The smallest absolute Gasteiger partial charge is 0.119 e. The summed E-state index contributed by atoms with van der Waals surface area (Å²) in [4.78, 5) is 1.84. The van der Waals surface area contributed by atoms with Gasteiger partial charge in [0.25, 0.3) is 0 Å². The topological polar surface area (TPSA) is 13.7 Å². The number of benzene rings is 1. The minimum absolute atomic E-state index is 0.867. The summed E-state index contributed by atoms with van der Waals surface area (Å²) in [5.41, 5.74) is 0. The molecule has 0 aliphatic carbocycles. The molecular formula is C15H22NO+. The van der Waals surface area contributed by atoms with Crippen LogP contribution in [0.25, 0.3) is 0 Å². The SMILES string of the molecule is c1ccc(OCCC2CC3CC[NH+]2CC3)cc1. The van der Waals surface area contributed by atoms with E-state index in [-0.39, 0.29) is 0 Å². The summed E-state index contributed by atoms with van der Waals surface area (Å²) in [6.45, 7) is 3.69. The first-order chi connectivity index (χ1) is 8.42. The summed E-state index contributed by atoms with van der Waals surface area (Å²) in [5.74, 6) is 2.03. The Hall–Kier alpha value is -1.02. The highest BCUT2D eigenvalue weighted by Crippen LogP contribution is 2.22. The second-order valence-electron chi connectivity index (χ2n) is 5.48. The van der Waals surface area contributed by atoms with Crippen molar-refractivity contribution in [2.24, 2.45) is 5.92 Å². The van der Waals surface area contributed by atoms with Crippen LogP contribution in [0, 0.1) is 5.92 Å². The Morgan fingerprint density at radius 2 is 1.88 bits per heavy atom. The molecule has 1 atom stereocenters. The number of para-hydroxylation sites is 1. The zero-order chi connectivity index (χ0) is 11.5. The summed E-state index contributed by atoms with van der Waals surface area (Å²) in [7, 11) is 0. The Kier molecular flexibility index (Phi) is 3.32. The van der Waals surface area contributed by atoms with Crippen molar-refractivity contribution >= 4 is 0 Å². The number of quaternary nitrogens is 1. The van der Waals surface area contributed by atoms with Crippen LogP contribution >= 0.6 is 0 Å². The van der Waals surface area contributed by atoms with Crippen molar-refractivity contribution in [2.45, 2.75) is 31.7 Å². The molecule has 3 aliphatic rings. The number of fused-ring (bicyclic) bond motifs is 3. The van der Waals surface area contributed by atoms with Gasteiger partial charge in [0.15, 0.2) is 0 Å². The van der Waals surface area contributed by atoms with Gasteiger partial charge in [0.1, 0.15) is 5.75 Å². The number of hydrogen-bond acceptors (Lipinski definition) is 1. The molecule has 1 unspecified atom stereocenters. The first kappa shape index (κ1) is 11.1. The normalized spacial score (nSPS) is 31.4. The van der Waals surface area contributed by atoms with Crippen molar-refractivity contribution in [2.75, 3.05) is 19.7 Å². The highest BCUT2D eigenvalue weighted by molar-refractivity contribution is 5.20. The molecule has 92 valence electrons. The molecule has 2 nitrogen and oxygen atoms in total. The number of piperidine rings is 3. The third-order valence-electron chi connectivity index (χ3n) is 4.42. The third kappa shape index (κ3) is 2.63. The summed E-state index contributed by atoms with van der Waals surface area (Å²) < 4.78 is 5.80. The van der Waals surface area contributed by atoms with Crippen LogP contribution < -0.4 is 9.64 Å². The number of ether oxygens (including phenoxy) is 1. The zero-order valence-corrected chi connectivity index (χ0v) is 10.4. The second kappa shape index (κ2) is 5.09. The van der Waals surface area contributed by atoms with Gasteiger partial charge in [-0.1, -0.05) is 18.2 Å². The maximum Gasteiger partial charge on any atom is 0.119 e. The van der Waals surface area contributed by atoms with Crippen molar-refractivity contribution in [3.05, 3.63) is 30.3 Å². The standard InChI is InChI=1S/C15H21NO/c1-2-4-15(5-3-1)17-11-8-14-12-13-6-9-16(14)10-7-13/h1-5,13-14H,6-12H2/p+1. The number of rotatable bonds is 4. The fourth-order valence-corrected chi connectivity index (χ4v) is 3.42. The Labute approximate surface area is 104 Å². The monoisotopic (exact) mass is 232 g/mol. The van der Waals surface area contributed by atoms with Crippen molar-refractivity contribution in [1.82, 2.24) is 0 Å². The van der Waals surface area contributed by atoms with E-state index in [2.05, 4.69) is 0 Å². The molecule has 1 aromatic rings.